The maximum absolute atomic E-state index is 12.1. The molecule has 1 heterocycles. The highest BCUT2D eigenvalue weighted by molar-refractivity contribution is 9.10. The van der Waals surface area contributed by atoms with Crippen molar-refractivity contribution in [3.63, 3.8) is 0 Å². The summed E-state index contributed by atoms with van der Waals surface area (Å²) in [4.78, 5) is 12.3. The van der Waals surface area contributed by atoms with Gasteiger partial charge in [0.15, 0.2) is 10.4 Å². The van der Waals surface area contributed by atoms with Crippen LogP contribution in [0.5, 0.6) is 0 Å². The number of halogens is 4. The lowest BCUT2D eigenvalue weighted by Crippen LogP contribution is -2.38. The van der Waals surface area contributed by atoms with E-state index in [1.165, 1.54) is 19.1 Å². The minimum Gasteiger partial charge on any atom is -0.444 e. The molecule has 0 unspecified atom stereocenters. The smallest absolute Gasteiger partial charge is 0.406 e. The van der Waals surface area contributed by atoms with E-state index in [0.29, 0.717) is 9.57 Å². The summed E-state index contributed by atoms with van der Waals surface area (Å²) in [7, 11) is 0. The first-order valence-corrected chi connectivity index (χ1v) is 5.24. The van der Waals surface area contributed by atoms with Crippen molar-refractivity contribution >= 4 is 21.8 Å². The second-order valence-corrected chi connectivity index (χ2v) is 3.82. The summed E-state index contributed by atoms with van der Waals surface area (Å²) in [5, 5.41) is 0. The van der Waals surface area contributed by atoms with Crippen molar-refractivity contribution in [1.82, 2.24) is 4.90 Å². The second-order valence-electron chi connectivity index (χ2n) is 3.04. The predicted molar refractivity (Wildman–Crippen MR) is 54.0 cm³/mol. The van der Waals surface area contributed by atoms with Gasteiger partial charge in [-0.1, -0.05) is 0 Å². The molecule has 1 aromatic heterocycles. The average molecular weight is 300 g/mol. The molecule has 1 aromatic rings. The van der Waals surface area contributed by atoms with Crippen LogP contribution in [-0.2, 0) is 0 Å². The Labute approximate surface area is 98.3 Å². The first-order valence-electron chi connectivity index (χ1n) is 4.45. The molecule has 0 saturated carbocycles. The Morgan fingerprint density at radius 3 is 2.50 bits per heavy atom. The third-order valence-electron chi connectivity index (χ3n) is 1.82. The molecule has 0 atom stereocenters. The molecule has 0 N–H and O–H groups in total. The number of carbonyl (C=O) groups is 1. The summed E-state index contributed by atoms with van der Waals surface area (Å²) < 4.78 is 41.6. The Morgan fingerprint density at radius 1 is 1.50 bits per heavy atom. The van der Waals surface area contributed by atoms with Crippen LogP contribution in [-0.4, -0.2) is 30.1 Å². The fourth-order valence-electron chi connectivity index (χ4n) is 1.13. The predicted octanol–water partition coefficient (Wildman–Crippen LogP) is 3.07. The Balaban J connectivity index is 2.78. The van der Waals surface area contributed by atoms with Crippen molar-refractivity contribution in [2.75, 3.05) is 13.1 Å². The van der Waals surface area contributed by atoms with E-state index in [1.807, 2.05) is 0 Å². The highest BCUT2D eigenvalue weighted by Crippen LogP contribution is 2.20. The van der Waals surface area contributed by atoms with Crippen molar-refractivity contribution in [3.05, 3.63) is 22.6 Å². The van der Waals surface area contributed by atoms with Crippen LogP contribution in [0, 0.1) is 0 Å². The Morgan fingerprint density at radius 2 is 2.12 bits per heavy atom. The van der Waals surface area contributed by atoms with Crippen LogP contribution >= 0.6 is 15.9 Å². The zero-order valence-corrected chi connectivity index (χ0v) is 9.93. The Bertz CT molecular complexity index is 375. The molecule has 0 spiro atoms. The molecule has 0 saturated heterocycles. The number of carbonyl (C=O) groups excluding carboxylic acids is 1. The zero-order chi connectivity index (χ0) is 12.3. The second kappa shape index (κ2) is 4.90. The lowest BCUT2D eigenvalue weighted by atomic mass is 10.3. The summed E-state index contributed by atoms with van der Waals surface area (Å²) >= 11 is 2.97. The van der Waals surface area contributed by atoms with Crippen LogP contribution < -0.4 is 0 Å². The minimum atomic E-state index is -4.41. The average Bonchev–Trinajstić information content (AvgIpc) is 2.58. The van der Waals surface area contributed by atoms with Crippen molar-refractivity contribution in [3.8, 4) is 0 Å². The molecule has 1 amide bonds. The molecule has 7 heteroatoms. The number of rotatable bonds is 3. The molecule has 0 aliphatic rings. The van der Waals surface area contributed by atoms with Gasteiger partial charge in [0, 0.05) is 6.54 Å². The summed E-state index contributed by atoms with van der Waals surface area (Å²) in [6, 6.07) is 2.78. The molecular weight excluding hydrogens is 291 g/mol. The summed E-state index contributed by atoms with van der Waals surface area (Å²) in [5.41, 5.74) is 0. The SMILES string of the molecule is CCN(CC(F)(F)F)C(=O)c1ccc(Br)o1. The summed E-state index contributed by atoms with van der Waals surface area (Å²) in [5.74, 6) is -0.886. The quantitative estimate of drug-likeness (QED) is 0.859. The van der Waals surface area contributed by atoms with E-state index < -0.39 is 18.6 Å². The lowest BCUT2D eigenvalue weighted by molar-refractivity contribution is -0.140. The van der Waals surface area contributed by atoms with Gasteiger partial charge in [-0.15, -0.1) is 0 Å². The van der Waals surface area contributed by atoms with Gasteiger partial charge >= 0.3 is 6.18 Å². The molecule has 3 nitrogen and oxygen atoms in total. The van der Waals surface area contributed by atoms with Gasteiger partial charge in [-0.05, 0) is 35.0 Å². The fourth-order valence-corrected chi connectivity index (χ4v) is 1.44. The maximum Gasteiger partial charge on any atom is 0.406 e. The van der Waals surface area contributed by atoms with Gasteiger partial charge in [0.2, 0.25) is 0 Å². The van der Waals surface area contributed by atoms with Crippen LogP contribution in [0.15, 0.2) is 21.2 Å². The number of alkyl halides is 3. The van der Waals surface area contributed by atoms with E-state index in [0.717, 1.165) is 0 Å². The van der Waals surface area contributed by atoms with Gasteiger partial charge in [-0.25, -0.2) is 0 Å². The molecule has 16 heavy (non-hydrogen) atoms. The third-order valence-corrected chi connectivity index (χ3v) is 2.25. The van der Waals surface area contributed by atoms with Gasteiger partial charge in [-0.3, -0.25) is 4.79 Å². The number of amides is 1. The summed E-state index contributed by atoms with van der Waals surface area (Å²) in [6.07, 6.45) is -4.41. The van der Waals surface area contributed by atoms with E-state index in [2.05, 4.69) is 15.9 Å². The number of hydrogen-bond donors (Lipinski definition) is 0. The Hall–Kier alpha value is -0.980. The van der Waals surface area contributed by atoms with Gasteiger partial charge in [0.25, 0.3) is 5.91 Å². The van der Waals surface area contributed by atoms with Gasteiger partial charge < -0.3 is 9.32 Å². The van der Waals surface area contributed by atoms with Crippen LogP contribution in [0.25, 0.3) is 0 Å². The minimum absolute atomic E-state index is 0.0311. The van der Waals surface area contributed by atoms with Crippen molar-refractivity contribution in [1.29, 1.82) is 0 Å². The first-order chi connectivity index (χ1) is 7.33. The highest BCUT2D eigenvalue weighted by atomic mass is 79.9. The summed E-state index contributed by atoms with van der Waals surface area (Å²) in [6.45, 7) is 0.166. The lowest BCUT2D eigenvalue weighted by Gasteiger charge is -2.20. The molecule has 0 aliphatic carbocycles. The van der Waals surface area contributed by atoms with Crippen molar-refractivity contribution < 1.29 is 22.4 Å². The van der Waals surface area contributed by atoms with E-state index in [1.54, 1.807) is 0 Å². The largest absolute Gasteiger partial charge is 0.444 e. The van der Waals surface area contributed by atoms with Crippen molar-refractivity contribution in [2.24, 2.45) is 0 Å². The maximum atomic E-state index is 12.1. The number of hydrogen-bond acceptors (Lipinski definition) is 2. The molecule has 0 bridgehead atoms. The van der Waals surface area contributed by atoms with Crippen LogP contribution in [0.1, 0.15) is 17.5 Å². The van der Waals surface area contributed by atoms with E-state index in [9.17, 15) is 18.0 Å². The monoisotopic (exact) mass is 299 g/mol. The van der Waals surface area contributed by atoms with Gasteiger partial charge in [0.05, 0.1) is 0 Å². The fraction of sp³-hybridized carbons (Fsp3) is 0.444. The van der Waals surface area contributed by atoms with Gasteiger partial charge in [-0.2, -0.15) is 13.2 Å². The molecule has 0 radical (unpaired) electrons. The standard InChI is InChI=1S/C9H9BrF3NO2/c1-2-14(5-9(11,12)13)8(15)6-3-4-7(10)16-6/h3-4H,2,5H2,1H3. The number of furan rings is 1. The third kappa shape index (κ3) is 3.55. The van der Waals surface area contributed by atoms with E-state index in [4.69, 9.17) is 4.42 Å². The van der Waals surface area contributed by atoms with Crippen LogP contribution in [0.4, 0.5) is 13.2 Å². The van der Waals surface area contributed by atoms with Crippen molar-refractivity contribution in [2.45, 2.75) is 13.1 Å². The molecular formula is C9H9BrF3NO2. The molecule has 1 rings (SSSR count). The first kappa shape index (κ1) is 13.1. The van der Waals surface area contributed by atoms with Crippen LogP contribution in [0.2, 0.25) is 0 Å². The zero-order valence-electron chi connectivity index (χ0n) is 8.34. The molecule has 0 aromatic carbocycles. The molecule has 0 fully saturated rings. The van der Waals surface area contributed by atoms with Gasteiger partial charge in [0.1, 0.15) is 6.54 Å². The van der Waals surface area contributed by atoms with E-state index in [-0.39, 0.29) is 12.3 Å². The highest BCUT2D eigenvalue weighted by Gasteiger charge is 2.33. The topological polar surface area (TPSA) is 33.5 Å². The molecule has 90 valence electrons. The number of nitrogens with zero attached hydrogens (tertiary/aromatic N) is 1. The van der Waals surface area contributed by atoms with E-state index >= 15 is 0 Å². The molecule has 0 aliphatic heterocycles. The van der Waals surface area contributed by atoms with Crippen LogP contribution in [0.3, 0.4) is 0 Å². The normalized spacial score (nSPS) is 11.6. The Kier molecular flexibility index (Phi) is 4.01.